The van der Waals surface area contributed by atoms with Crippen molar-refractivity contribution >= 4 is 23.2 Å². The number of benzene rings is 1. The molecule has 0 saturated heterocycles. The molecule has 1 unspecified atom stereocenters. The number of aryl methyl sites for hydroxylation is 1. The molecule has 2 N–H and O–H groups in total. The van der Waals surface area contributed by atoms with Crippen molar-refractivity contribution in [1.82, 2.24) is 9.78 Å². The van der Waals surface area contributed by atoms with E-state index in [-0.39, 0.29) is 28.6 Å². The molecule has 0 fully saturated rings. The standard InChI is InChI=1S/C14H14Cl2F3N3O/c1-7(20)5-9-12(14(17,18)19)21-22(2)13(9)23-11-4-3-8(15)6-10(11)16/h3-4,6-7H,5,20H2,1-2H3. The van der Waals surface area contributed by atoms with E-state index in [0.717, 1.165) is 4.68 Å². The van der Waals surface area contributed by atoms with Crippen LogP contribution in [0.25, 0.3) is 0 Å². The summed E-state index contributed by atoms with van der Waals surface area (Å²) in [6.07, 6.45) is -4.64. The molecule has 1 heterocycles. The van der Waals surface area contributed by atoms with Gasteiger partial charge in [0.05, 0.1) is 5.02 Å². The minimum atomic E-state index is -4.60. The molecule has 4 nitrogen and oxygen atoms in total. The third kappa shape index (κ3) is 4.10. The maximum absolute atomic E-state index is 13.1. The smallest absolute Gasteiger partial charge is 0.435 e. The van der Waals surface area contributed by atoms with Crippen LogP contribution in [0.3, 0.4) is 0 Å². The molecular formula is C14H14Cl2F3N3O. The van der Waals surface area contributed by atoms with Crippen LogP contribution in [-0.4, -0.2) is 15.8 Å². The van der Waals surface area contributed by atoms with Gasteiger partial charge < -0.3 is 10.5 Å². The fourth-order valence-corrected chi connectivity index (χ4v) is 2.52. The first-order chi connectivity index (χ1) is 10.6. The Morgan fingerprint density at radius 2 is 2.00 bits per heavy atom. The number of hydrogen-bond acceptors (Lipinski definition) is 3. The van der Waals surface area contributed by atoms with E-state index >= 15 is 0 Å². The highest BCUT2D eigenvalue weighted by atomic mass is 35.5. The SMILES string of the molecule is CC(N)Cc1c(C(F)(F)F)nn(C)c1Oc1ccc(Cl)cc1Cl. The number of nitrogens with zero attached hydrogens (tertiary/aromatic N) is 2. The van der Waals surface area contributed by atoms with Crippen molar-refractivity contribution in [2.45, 2.75) is 25.6 Å². The maximum atomic E-state index is 13.1. The van der Waals surface area contributed by atoms with Crippen LogP contribution in [0.4, 0.5) is 13.2 Å². The van der Waals surface area contributed by atoms with Crippen molar-refractivity contribution < 1.29 is 17.9 Å². The molecule has 0 aliphatic heterocycles. The van der Waals surface area contributed by atoms with Gasteiger partial charge in [-0.2, -0.15) is 18.3 Å². The van der Waals surface area contributed by atoms with E-state index in [0.29, 0.717) is 5.02 Å². The van der Waals surface area contributed by atoms with Gasteiger partial charge in [-0.05, 0) is 31.5 Å². The summed E-state index contributed by atoms with van der Waals surface area (Å²) in [4.78, 5) is 0. The van der Waals surface area contributed by atoms with Gasteiger partial charge in [0, 0.05) is 23.7 Å². The second-order valence-corrected chi connectivity index (χ2v) is 5.96. The average Bonchev–Trinajstić information content (AvgIpc) is 2.69. The first-order valence-corrected chi connectivity index (χ1v) is 7.36. The highest BCUT2D eigenvalue weighted by Crippen LogP contribution is 2.39. The molecule has 0 saturated carbocycles. The normalized spacial score (nSPS) is 13.2. The highest BCUT2D eigenvalue weighted by molar-refractivity contribution is 6.35. The topological polar surface area (TPSA) is 53.1 Å². The molecule has 0 aliphatic carbocycles. The number of nitrogens with two attached hydrogens (primary N) is 1. The zero-order valence-electron chi connectivity index (χ0n) is 12.3. The summed E-state index contributed by atoms with van der Waals surface area (Å²) in [5, 5.41) is 4.09. The molecule has 1 atom stereocenters. The molecule has 1 aromatic carbocycles. The molecule has 0 radical (unpaired) electrons. The van der Waals surface area contributed by atoms with E-state index in [1.54, 1.807) is 6.92 Å². The van der Waals surface area contributed by atoms with Gasteiger partial charge in [-0.25, -0.2) is 4.68 Å². The predicted octanol–water partition coefficient (Wildman–Crippen LogP) is 4.43. The number of hydrogen-bond donors (Lipinski definition) is 1. The Morgan fingerprint density at radius 3 is 2.52 bits per heavy atom. The van der Waals surface area contributed by atoms with Gasteiger partial charge in [-0.3, -0.25) is 0 Å². The van der Waals surface area contributed by atoms with Crippen LogP contribution < -0.4 is 10.5 Å². The third-order valence-corrected chi connectivity index (χ3v) is 3.51. The molecule has 23 heavy (non-hydrogen) atoms. The molecule has 0 amide bonds. The zero-order valence-corrected chi connectivity index (χ0v) is 13.8. The van der Waals surface area contributed by atoms with Gasteiger partial charge >= 0.3 is 6.18 Å². The summed E-state index contributed by atoms with van der Waals surface area (Å²) in [5.74, 6) is 0.123. The minimum absolute atomic E-state index is 0.0385. The van der Waals surface area contributed by atoms with E-state index in [1.165, 1.54) is 25.2 Å². The first-order valence-electron chi connectivity index (χ1n) is 6.61. The summed E-state index contributed by atoms with van der Waals surface area (Å²) in [5.41, 5.74) is 4.53. The summed E-state index contributed by atoms with van der Waals surface area (Å²) >= 11 is 11.8. The summed E-state index contributed by atoms with van der Waals surface area (Å²) in [7, 11) is 1.36. The van der Waals surface area contributed by atoms with Crippen molar-refractivity contribution in [1.29, 1.82) is 0 Å². The van der Waals surface area contributed by atoms with Crippen molar-refractivity contribution in [2.24, 2.45) is 12.8 Å². The Bertz CT molecular complexity index is 714. The highest BCUT2D eigenvalue weighted by Gasteiger charge is 2.39. The van der Waals surface area contributed by atoms with E-state index in [9.17, 15) is 13.2 Å². The molecule has 0 spiro atoms. The van der Waals surface area contributed by atoms with Gasteiger partial charge in [0.15, 0.2) is 5.69 Å². The minimum Gasteiger partial charge on any atom is -0.437 e. The average molecular weight is 368 g/mol. The zero-order chi connectivity index (χ0) is 17.4. The van der Waals surface area contributed by atoms with Crippen LogP contribution in [0.2, 0.25) is 10.0 Å². The Morgan fingerprint density at radius 1 is 1.35 bits per heavy atom. The van der Waals surface area contributed by atoms with Crippen molar-refractivity contribution in [2.75, 3.05) is 0 Å². The van der Waals surface area contributed by atoms with E-state index in [4.69, 9.17) is 33.7 Å². The lowest BCUT2D eigenvalue weighted by molar-refractivity contribution is -0.142. The van der Waals surface area contributed by atoms with Gasteiger partial charge in [0.2, 0.25) is 5.88 Å². The van der Waals surface area contributed by atoms with Crippen LogP contribution in [0, 0.1) is 0 Å². The molecule has 0 aliphatic rings. The molecule has 1 aromatic heterocycles. The van der Waals surface area contributed by atoms with Crippen LogP contribution in [0.15, 0.2) is 18.2 Å². The molecule has 2 aromatic rings. The maximum Gasteiger partial charge on any atom is 0.435 e. The lowest BCUT2D eigenvalue weighted by Gasteiger charge is -2.12. The van der Waals surface area contributed by atoms with Gasteiger partial charge in [0.25, 0.3) is 0 Å². The Labute approximate surface area is 140 Å². The van der Waals surface area contributed by atoms with E-state index in [1.807, 2.05) is 0 Å². The molecule has 2 rings (SSSR count). The number of alkyl halides is 3. The predicted molar refractivity (Wildman–Crippen MR) is 82.1 cm³/mol. The quantitative estimate of drug-likeness (QED) is 0.869. The second kappa shape index (κ2) is 6.59. The Kier molecular flexibility index (Phi) is 5.13. The van der Waals surface area contributed by atoms with Crippen LogP contribution in [0.1, 0.15) is 18.2 Å². The number of ether oxygens (including phenoxy) is 1. The lowest BCUT2D eigenvalue weighted by Crippen LogP contribution is -2.20. The van der Waals surface area contributed by atoms with Crippen molar-refractivity contribution in [3.8, 4) is 11.6 Å². The first kappa shape index (κ1) is 17.9. The second-order valence-electron chi connectivity index (χ2n) is 5.11. The number of halogens is 5. The van der Waals surface area contributed by atoms with Gasteiger partial charge in [-0.15, -0.1) is 0 Å². The Hall–Kier alpha value is -1.44. The van der Waals surface area contributed by atoms with Gasteiger partial charge in [-0.1, -0.05) is 23.2 Å². The lowest BCUT2D eigenvalue weighted by atomic mass is 10.1. The monoisotopic (exact) mass is 367 g/mol. The number of aromatic nitrogens is 2. The largest absolute Gasteiger partial charge is 0.437 e. The van der Waals surface area contributed by atoms with E-state index < -0.39 is 17.9 Å². The molecular weight excluding hydrogens is 354 g/mol. The molecule has 9 heteroatoms. The summed E-state index contributed by atoms with van der Waals surface area (Å²) in [6.45, 7) is 1.60. The summed E-state index contributed by atoms with van der Waals surface area (Å²) in [6, 6.07) is 3.93. The van der Waals surface area contributed by atoms with E-state index in [2.05, 4.69) is 5.10 Å². The Balaban J connectivity index is 2.50. The van der Waals surface area contributed by atoms with Crippen LogP contribution in [0.5, 0.6) is 11.6 Å². The fourth-order valence-electron chi connectivity index (χ4n) is 2.08. The van der Waals surface area contributed by atoms with Gasteiger partial charge in [0.1, 0.15) is 5.75 Å². The van der Waals surface area contributed by atoms with Crippen molar-refractivity contribution in [3.05, 3.63) is 39.5 Å². The summed E-state index contributed by atoms with van der Waals surface area (Å²) < 4.78 is 46.0. The van der Waals surface area contributed by atoms with Crippen LogP contribution >= 0.6 is 23.2 Å². The fraction of sp³-hybridized carbons (Fsp3) is 0.357. The number of rotatable bonds is 4. The van der Waals surface area contributed by atoms with Crippen molar-refractivity contribution in [3.63, 3.8) is 0 Å². The molecule has 0 bridgehead atoms. The molecule has 126 valence electrons. The van der Waals surface area contributed by atoms with Crippen LogP contribution in [-0.2, 0) is 19.6 Å². The third-order valence-electron chi connectivity index (χ3n) is 2.98.